The lowest BCUT2D eigenvalue weighted by atomic mass is 9.75. The number of aryl methyl sites for hydroxylation is 1. The molecule has 1 saturated carbocycles. The summed E-state index contributed by atoms with van der Waals surface area (Å²) >= 11 is 0. The second-order valence-corrected chi connectivity index (χ2v) is 6.52. The van der Waals surface area contributed by atoms with Crippen molar-refractivity contribution in [2.45, 2.75) is 24.8 Å². The van der Waals surface area contributed by atoms with Gasteiger partial charge in [-0.15, -0.1) is 0 Å². The van der Waals surface area contributed by atoms with E-state index < -0.39 is 0 Å². The first-order valence-electron chi connectivity index (χ1n) is 8.47. The fourth-order valence-corrected chi connectivity index (χ4v) is 3.26. The van der Waals surface area contributed by atoms with Crippen LogP contribution >= 0.6 is 0 Å². The van der Waals surface area contributed by atoms with Crippen molar-refractivity contribution in [3.8, 4) is 11.4 Å². The summed E-state index contributed by atoms with van der Waals surface area (Å²) in [7, 11) is 1.86. The predicted octanol–water partition coefficient (Wildman–Crippen LogP) is 2.69. The minimum atomic E-state index is -0.314. The average Bonchev–Trinajstić information content (AvgIpc) is 3.04. The van der Waals surface area contributed by atoms with Gasteiger partial charge in [-0.2, -0.15) is 0 Å². The first kappa shape index (κ1) is 16.4. The normalized spacial score (nSPS) is 19.0. The van der Waals surface area contributed by atoms with Gasteiger partial charge in [0.2, 0.25) is 5.82 Å². The number of imidazole rings is 1. The van der Waals surface area contributed by atoms with Gasteiger partial charge in [-0.1, -0.05) is 18.2 Å². The van der Waals surface area contributed by atoms with Crippen molar-refractivity contribution in [3.63, 3.8) is 0 Å². The fraction of sp³-hybridized carbons (Fsp3) is 0.263. The van der Waals surface area contributed by atoms with Crippen LogP contribution in [0.2, 0.25) is 0 Å². The third kappa shape index (κ3) is 3.08. The molecular formula is C19H18FN5O. The molecule has 26 heavy (non-hydrogen) atoms. The molecule has 1 fully saturated rings. The van der Waals surface area contributed by atoms with Gasteiger partial charge in [-0.3, -0.25) is 4.79 Å². The number of amides is 1. The van der Waals surface area contributed by atoms with Crippen molar-refractivity contribution in [2.75, 3.05) is 0 Å². The Hall–Kier alpha value is -3.09. The third-order valence-corrected chi connectivity index (χ3v) is 4.76. The Morgan fingerprint density at radius 1 is 1.27 bits per heavy atom. The highest BCUT2D eigenvalue weighted by Gasteiger charge is 2.33. The molecule has 0 saturated heterocycles. The molecule has 3 aromatic rings. The molecule has 0 spiro atoms. The van der Waals surface area contributed by atoms with Gasteiger partial charge in [0.05, 0.1) is 23.9 Å². The maximum absolute atomic E-state index is 13.8. The van der Waals surface area contributed by atoms with Crippen LogP contribution in [0.5, 0.6) is 0 Å². The predicted molar refractivity (Wildman–Crippen MR) is 93.9 cm³/mol. The molecule has 2 heterocycles. The summed E-state index contributed by atoms with van der Waals surface area (Å²) in [5.41, 5.74) is 2.17. The van der Waals surface area contributed by atoms with Crippen molar-refractivity contribution in [3.05, 3.63) is 66.3 Å². The van der Waals surface area contributed by atoms with Crippen molar-refractivity contribution in [1.29, 1.82) is 0 Å². The molecule has 0 atom stereocenters. The summed E-state index contributed by atoms with van der Waals surface area (Å²) in [4.78, 5) is 24.9. The molecule has 1 aliphatic rings. The highest BCUT2D eigenvalue weighted by molar-refractivity contribution is 5.91. The highest BCUT2D eigenvalue weighted by atomic mass is 19.1. The summed E-state index contributed by atoms with van der Waals surface area (Å²) in [5.74, 6) is -0.235. The molecular weight excluding hydrogens is 333 g/mol. The van der Waals surface area contributed by atoms with Gasteiger partial charge in [0.25, 0.3) is 5.91 Å². The van der Waals surface area contributed by atoms with E-state index in [-0.39, 0.29) is 29.5 Å². The van der Waals surface area contributed by atoms with E-state index in [1.165, 1.54) is 6.07 Å². The molecule has 0 unspecified atom stereocenters. The van der Waals surface area contributed by atoms with Gasteiger partial charge in [-0.25, -0.2) is 19.3 Å². The fourth-order valence-electron chi connectivity index (χ4n) is 3.26. The topological polar surface area (TPSA) is 72.7 Å². The molecule has 4 rings (SSSR count). The Kier molecular flexibility index (Phi) is 4.20. The van der Waals surface area contributed by atoms with Crippen LogP contribution < -0.4 is 5.32 Å². The van der Waals surface area contributed by atoms with Crippen LogP contribution in [0.4, 0.5) is 4.39 Å². The van der Waals surface area contributed by atoms with Gasteiger partial charge >= 0.3 is 0 Å². The van der Waals surface area contributed by atoms with Crippen molar-refractivity contribution in [1.82, 2.24) is 24.8 Å². The molecule has 1 aromatic carbocycles. The number of carbonyl (C=O) groups is 1. The SMILES string of the molecule is Cn1cncc1-c1ccnc(C(=O)NC2CC(c3ccccc3F)C2)n1. The average molecular weight is 351 g/mol. The molecule has 0 bridgehead atoms. The lowest BCUT2D eigenvalue weighted by Gasteiger charge is -2.36. The van der Waals surface area contributed by atoms with Crippen LogP contribution in [0.25, 0.3) is 11.4 Å². The van der Waals surface area contributed by atoms with Crippen LogP contribution in [0.1, 0.15) is 34.9 Å². The lowest BCUT2D eigenvalue weighted by Crippen LogP contribution is -2.44. The molecule has 7 heteroatoms. The van der Waals surface area contributed by atoms with Gasteiger partial charge in [0, 0.05) is 19.3 Å². The summed E-state index contributed by atoms with van der Waals surface area (Å²) in [6.45, 7) is 0. The van der Waals surface area contributed by atoms with E-state index in [0.717, 1.165) is 5.69 Å². The second kappa shape index (κ2) is 6.67. The maximum atomic E-state index is 13.8. The molecule has 0 radical (unpaired) electrons. The largest absolute Gasteiger partial charge is 0.347 e. The Morgan fingerprint density at radius 3 is 2.81 bits per heavy atom. The number of nitrogens with one attached hydrogen (secondary N) is 1. The first-order valence-corrected chi connectivity index (χ1v) is 8.47. The second-order valence-electron chi connectivity index (χ2n) is 6.52. The standard InChI is InChI=1S/C19H18FN5O/c1-25-11-21-10-17(25)16-6-7-22-18(24-16)19(26)23-13-8-12(9-13)14-4-2-3-5-15(14)20/h2-7,10-13H,8-9H2,1H3,(H,23,26). The minimum absolute atomic E-state index is 0.0102. The zero-order valence-corrected chi connectivity index (χ0v) is 14.3. The van der Waals surface area contributed by atoms with E-state index in [9.17, 15) is 9.18 Å². The van der Waals surface area contributed by atoms with Gasteiger partial charge in [0.15, 0.2) is 0 Å². The number of rotatable bonds is 4. The number of hydrogen-bond donors (Lipinski definition) is 1. The number of nitrogens with zero attached hydrogens (tertiary/aromatic N) is 4. The smallest absolute Gasteiger partial charge is 0.289 e. The zero-order valence-electron chi connectivity index (χ0n) is 14.3. The summed E-state index contributed by atoms with van der Waals surface area (Å²) in [5, 5.41) is 2.93. The zero-order chi connectivity index (χ0) is 18.1. The minimum Gasteiger partial charge on any atom is -0.347 e. The van der Waals surface area contributed by atoms with E-state index in [2.05, 4.69) is 20.3 Å². The van der Waals surface area contributed by atoms with Crippen LogP contribution in [0.3, 0.4) is 0 Å². The van der Waals surface area contributed by atoms with Crippen molar-refractivity contribution >= 4 is 5.91 Å². The molecule has 6 nitrogen and oxygen atoms in total. The Morgan fingerprint density at radius 2 is 2.08 bits per heavy atom. The number of hydrogen-bond acceptors (Lipinski definition) is 4. The molecule has 0 aliphatic heterocycles. The summed E-state index contributed by atoms with van der Waals surface area (Å²) < 4.78 is 15.6. The van der Waals surface area contributed by atoms with Gasteiger partial charge < -0.3 is 9.88 Å². The quantitative estimate of drug-likeness (QED) is 0.784. The van der Waals surface area contributed by atoms with Crippen LogP contribution in [0.15, 0.2) is 49.1 Å². The first-order chi connectivity index (χ1) is 12.6. The van der Waals surface area contributed by atoms with E-state index in [1.807, 2.05) is 17.7 Å². The summed E-state index contributed by atoms with van der Waals surface area (Å²) in [6.07, 6.45) is 6.36. The van der Waals surface area contributed by atoms with Crippen molar-refractivity contribution in [2.24, 2.45) is 7.05 Å². The van der Waals surface area contributed by atoms with E-state index in [1.54, 1.807) is 36.9 Å². The van der Waals surface area contributed by atoms with Crippen LogP contribution in [-0.4, -0.2) is 31.5 Å². The lowest BCUT2D eigenvalue weighted by molar-refractivity contribution is 0.0898. The molecule has 132 valence electrons. The molecule has 2 aromatic heterocycles. The van der Waals surface area contributed by atoms with Gasteiger partial charge in [-0.05, 0) is 36.5 Å². The number of halogens is 1. The monoisotopic (exact) mass is 351 g/mol. The van der Waals surface area contributed by atoms with E-state index >= 15 is 0 Å². The van der Waals surface area contributed by atoms with Gasteiger partial charge in [0.1, 0.15) is 5.82 Å². The molecule has 1 N–H and O–H groups in total. The summed E-state index contributed by atoms with van der Waals surface area (Å²) in [6, 6.07) is 8.55. The number of carbonyl (C=O) groups excluding carboxylic acids is 1. The third-order valence-electron chi connectivity index (χ3n) is 4.76. The number of aromatic nitrogens is 4. The highest BCUT2D eigenvalue weighted by Crippen LogP contribution is 2.38. The molecule has 1 amide bonds. The van der Waals surface area contributed by atoms with Crippen LogP contribution in [0, 0.1) is 5.82 Å². The van der Waals surface area contributed by atoms with Crippen LogP contribution in [-0.2, 0) is 7.05 Å². The Balaban J connectivity index is 1.41. The van der Waals surface area contributed by atoms with E-state index in [0.29, 0.717) is 24.1 Å². The molecule has 1 aliphatic carbocycles. The number of benzene rings is 1. The van der Waals surface area contributed by atoms with E-state index in [4.69, 9.17) is 0 Å². The van der Waals surface area contributed by atoms with Crippen molar-refractivity contribution < 1.29 is 9.18 Å². The Bertz CT molecular complexity index is 948. The Labute approximate surface area is 150 Å². The maximum Gasteiger partial charge on any atom is 0.289 e.